The molecule has 0 saturated carbocycles. The van der Waals surface area contributed by atoms with E-state index < -0.39 is 39.2 Å². The first-order chi connectivity index (χ1) is 24.8. The normalized spacial score (nSPS) is 14.7. The summed E-state index contributed by atoms with van der Waals surface area (Å²) in [5, 5.41) is 18.3. The first kappa shape index (κ1) is 49.4. The number of carbonyl (C=O) groups excluding carboxylic acids is 1. The van der Waals surface area contributed by atoms with E-state index in [-0.39, 0.29) is 19.6 Å². The van der Waals surface area contributed by atoms with Crippen molar-refractivity contribution in [3.05, 3.63) is 48.6 Å². The lowest BCUT2D eigenvalue weighted by atomic mass is 10.1. The summed E-state index contributed by atoms with van der Waals surface area (Å²) >= 11 is 0. The maximum atomic E-state index is 12.6. The van der Waals surface area contributed by atoms with Gasteiger partial charge in [-0.25, -0.2) is 4.57 Å². The van der Waals surface area contributed by atoms with Gasteiger partial charge in [0.15, 0.2) is 0 Å². The van der Waals surface area contributed by atoms with Crippen LogP contribution in [0.4, 0.5) is 0 Å². The summed E-state index contributed by atoms with van der Waals surface area (Å²) in [6, 6.07) is 0. The molecule has 3 unspecified atom stereocenters. The maximum absolute atomic E-state index is 12.6. The van der Waals surface area contributed by atoms with Gasteiger partial charge in [0, 0.05) is 13.0 Å². The Labute approximate surface area is 311 Å². The number of aliphatic hydroxyl groups excluding tert-OH is 2. The van der Waals surface area contributed by atoms with Gasteiger partial charge in [-0.2, -0.15) is 0 Å². The van der Waals surface area contributed by atoms with E-state index >= 15 is 0 Å². The van der Waals surface area contributed by atoms with Gasteiger partial charge >= 0.3 is 13.8 Å². The van der Waals surface area contributed by atoms with Gasteiger partial charge in [0.2, 0.25) is 0 Å². The SMILES string of the molecule is CC/C=C\C/C=C\C/C=C\CCCCCCCCCC(=O)OC(COCCCCCCCC/C=C\CCCCC)COP(=O)(O)OCC(O)CO. The van der Waals surface area contributed by atoms with E-state index in [0.29, 0.717) is 13.0 Å². The number of hydrogen-bond acceptors (Lipinski definition) is 8. The number of unbranched alkanes of at least 4 members (excludes halogenated alkanes) is 16. The fraction of sp³-hybridized carbons (Fsp3) is 0.780. The van der Waals surface area contributed by atoms with Crippen molar-refractivity contribution < 1.29 is 43.0 Å². The van der Waals surface area contributed by atoms with Gasteiger partial charge in [-0.3, -0.25) is 13.8 Å². The summed E-state index contributed by atoms with van der Waals surface area (Å²) in [6.07, 6.45) is 40.6. The summed E-state index contributed by atoms with van der Waals surface area (Å²) in [6.45, 7) is 3.35. The first-order valence-corrected chi connectivity index (χ1v) is 21.6. The van der Waals surface area contributed by atoms with Gasteiger partial charge in [-0.05, 0) is 70.6 Å². The summed E-state index contributed by atoms with van der Waals surface area (Å²) in [5.74, 6) is -0.397. The third kappa shape index (κ3) is 38.0. The molecular weight excluding hydrogens is 667 g/mol. The van der Waals surface area contributed by atoms with Gasteiger partial charge in [0.25, 0.3) is 0 Å². The Kier molecular flexibility index (Phi) is 37.0. The Morgan fingerprint density at radius 3 is 1.71 bits per heavy atom. The molecule has 51 heavy (non-hydrogen) atoms. The van der Waals surface area contributed by atoms with E-state index in [9.17, 15) is 19.4 Å². The molecule has 3 N–H and O–H groups in total. The van der Waals surface area contributed by atoms with E-state index in [2.05, 4.69) is 62.5 Å². The monoisotopic (exact) mass is 743 g/mol. The highest BCUT2D eigenvalue weighted by atomic mass is 31.2. The number of aliphatic hydroxyl groups is 2. The quantitative estimate of drug-likeness (QED) is 0.0245. The highest BCUT2D eigenvalue weighted by Gasteiger charge is 2.26. The first-order valence-electron chi connectivity index (χ1n) is 20.1. The van der Waals surface area contributed by atoms with E-state index in [1.165, 1.54) is 64.2 Å². The van der Waals surface area contributed by atoms with Crippen molar-refractivity contribution in [3.8, 4) is 0 Å². The van der Waals surface area contributed by atoms with Crippen LogP contribution >= 0.6 is 7.82 Å². The molecule has 0 heterocycles. The molecule has 0 aromatic rings. The molecule has 298 valence electrons. The van der Waals surface area contributed by atoms with Crippen LogP contribution < -0.4 is 0 Å². The van der Waals surface area contributed by atoms with Gasteiger partial charge in [-0.15, -0.1) is 0 Å². The largest absolute Gasteiger partial charge is 0.472 e. The Morgan fingerprint density at radius 1 is 0.627 bits per heavy atom. The second kappa shape index (κ2) is 38.2. The van der Waals surface area contributed by atoms with Crippen LogP contribution in [0.2, 0.25) is 0 Å². The number of phosphoric acid groups is 1. The van der Waals surface area contributed by atoms with Crippen molar-refractivity contribution in [2.24, 2.45) is 0 Å². The van der Waals surface area contributed by atoms with Crippen LogP contribution in [0, 0.1) is 0 Å². The predicted octanol–water partition coefficient (Wildman–Crippen LogP) is 10.6. The molecule has 0 radical (unpaired) electrons. The zero-order valence-electron chi connectivity index (χ0n) is 32.3. The Balaban J connectivity index is 4.23. The van der Waals surface area contributed by atoms with Crippen molar-refractivity contribution in [2.45, 2.75) is 174 Å². The fourth-order valence-electron chi connectivity index (χ4n) is 5.19. The molecular formula is C41H75O9P. The third-order valence-electron chi connectivity index (χ3n) is 8.25. The van der Waals surface area contributed by atoms with Crippen molar-refractivity contribution in [1.29, 1.82) is 0 Å². The number of esters is 1. The maximum Gasteiger partial charge on any atom is 0.472 e. The number of carbonyl (C=O) groups is 1. The van der Waals surface area contributed by atoms with Crippen LogP contribution in [-0.4, -0.2) is 66.3 Å². The Hall–Kier alpha value is -1.58. The topological polar surface area (TPSA) is 132 Å². The van der Waals surface area contributed by atoms with Crippen LogP contribution in [0.3, 0.4) is 0 Å². The van der Waals surface area contributed by atoms with E-state index in [0.717, 1.165) is 70.6 Å². The van der Waals surface area contributed by atoms with Crippen LogP contribution in [0.15, 0.2) is 48.6 Å². The third-order valence-corrected chi connectivity index (χ3v) is 9.20. The van der Waals surface area contributed by atoms with Crippen LogP contribution in [0.1, 0.15) is 162 Å². The summed E-state index contributed by atoms with van der Waals surface area (Å²) < 4.78 is 33.3. The molecule has 0 aromatic carbocycles. The number of allylic oxidation sites excluding steroid dienone is 8. The van der Waals surface area contributed by atoms with Crippen molar-refractivity contribution in [1.82, 2.24) is 0 Å². The molecule has 0 aromatic heterocycles. The molecule has 0 fully saturated rings. The lowest BCUT2D eigenvalue weighted by Crippen LogP contribution is -2.29. The number of hydrogen-bond donors (Lipinski definition) is 3. The Bertz CT molecular complexity index is 934. The molecule has 0 saturated heterocycles. The highest BCUT2D eigenvalue weighted by Crippen LogP contribution is 2.43. The lowest BCUT2D eigenvalue weighted by Gasteiger charge is -2.20. The molecule has 0 rings (SSSR count). The minimum atomic E-state index is -4.52. The molecule has 3 atom stereocenters. The Morgan fingerprint density at radius 2 is 1.12 bits per heavy atom. The van der Waals surface area contributed by atoms with Gasteiger partial charge in [0.1, 0.15) is 12.2 Å². The van der Waals surface area contributed by atoms with E-state index in [4.69, 9.17) is 23.6 Å². The van der Waals surface area contributed by atoms with Gasteiger partial charge in [-0.1, -0.05) is 133 Å². The average molecular weight is 743 g/mol. The number of rotatable bonds is 38. The summed E-state index contributed by atoms with van der Waals surface area (Å²) in [5.41, 5.74) is 0. The summed E-state index contributed by atoms with van der Waals surface area (Å²) in [4.78, 5) is 22.5. The summed E-state index contributed by atoms with van der Waals surface area (Å²) in [7, 11) is -4.52. The van der Waals surface area contributed by atoms with Crippen LogP contribution in [0.25, 0.3) is 0 Å². The molecule has 0 aliphatic heterocycles. The van der Waals surface area contributed by atoms with Crippen LogP contribution in [0.5, 0.6) is 0 Å². The molecule has 0 aliphatic carbocycles. The van der Waals surface area contributed by atoms with Crippen molar-refractivity contribution in [2.75, 3.05) is 33.0 Å². The molecule has 0 aliphatic rings. The minimum absolute atomic E-state index is 0.0398. The van der Waals surface area contributed by atoms with Crippen LogP contribution in [-0.2, 0) is 27.9 Å². The van der Waals surface area contributed by atoms with E-state index in [1.54, 1.807) is 0 Å². The van der Waals surface area contributed by atoms with Gasteiger partial charge in [0.05, 0.1) is 26.4 Å². The molecule has 10 heteroatoms. The molecule has 9 nitrogen and oxygen atoms in total. The standard InChI is InChI=1S/C41H75O9P/c1-3-5-7-9-11-13-15-17-18-19-20-21-23-25-27-29-31-33-41(44)50-40(38-49-51(45,46)48-36-39(43)35-42)37-47-34-32-30-28-26-24-22-16-14-12-10-8-6-4-2/h5,7,11-14,17-18,39-40,42-43H,3-4,6,8-10,15-16,19-38H2,1-2H3,(H,45,46)/b7-5-,13-11-,14-12-,18-17-. The minimum Gasteiger partial charge on any atom is -0.457 e. The second-order valence-electron chi connectivity index (χ2n) is 13.3. The van der Waals surface area contributed by atoms with E-state index in [1.807, 2.05) is 0 Å². The zero-order valence-corrected chi connectivity index (χ0v) is 33.2. The number of phosphoric ester groups is 1. The highest BCUT2D eigenvalue weighted by molar-refractivity contribution is 7.47. The molecule has 0 bridgehead atoms. The molecule has 0 spiro atoms. The zero-order chi connectivity index (χ0) is 37.5. The molecule has 0 amide bonds. The lowest BCUT2D eigenvalue weighted by molar-refractivity contribution is -0.154. The smallest absolute Gasteiger partial charge is 0.457 e. The second-order valence-corrected chi connectivity index (χ2v) is 14.7. The fourth-order valence-corrected chi connectivity index (χ4v) is 5.98. The van der Waals surface area contributed by atoms with Crippen molar-refractivity contribution >= 4 is 13.8 Å². The average Bonchev–Trinajstić information content (AvgIpc) is 3.12. The van der Waals surface area contributed by atoms with Gasteiger partial charge < -0.3 is 24.6 Å². The van der Waals surface area contributed by atoms with Crippen molar-refractivity contribution in [3.63, 3.8) is 0 Å². The predicted molar refractivity (Wildman–Crippen MR) is 210 cm³/mol. The number of ether oxygens (including phenoxy) is 2.